The highest BCUT2D eigenvalue weighted by Gasteiger charge is 2.03. The Kier molecular flexibility index (Phi) is 25.8. The quantitative estimate of drug-likeness (QED) is 0.190. The second-order valence-electron chi connectivity index (χ2n) is 5.65. The van der Waals surface area contributed by atoms with Gasteiger partial charge in [-0.3, -0.25) is 19.2 Å². The summed E-state index contributed by atoms with van der Waals surface area (Å²) in [6.45, 7) is 11.4. The van der Waals surface area contributed by atoms with Crippen molar-refractivity contribution >= 4 is 39.1 Å². The first-order valence-electron chi connectivity index (χ1n) is 8.48. The predicted molar refractivity (Wildman–Crippen MR) is 108 cm³/mol. The van der Waals surface area contributed by atoms with Gasteiger partial charge in [-0.15, -0.1) is 13.2 Å². The highest BCUT2D eigenvalue weighted by atomic mass is 79.9. The van der Waals surface area contributed by atoms with E-state index in [0.29, 0.717) is 6.42 Å². The van der Waals surface area contributed by atoms with Crippen LogP contribution in [-0.2, 0) is 19.2 Å². The summed E-state index contributed by atoms with van der Waals surface area (Å²) >= 11 is 3.30. The molecule has 0 aliphatic heterocycles. The standard InChI is InChI=1S/C10H16O2.C5H9Br.C5H8O2/c1-3-4-5-6-7-10(12)8-9(2)11;1-2-3-4-5-6;1-4(6)3-5(2)7/h3H,1,4-8H2,2H3;2H,1,3-5H2;3H2,1-2H3. The summed E-state index contributed by atoms with van der Waals surface area (Å²) in [5.74, 6) is -0.102. The van der Waals surface area contributed by atoms with Gasteiger partial charge in [0.25, 0.3) is 0 Å². The van der Waals surface area contributed by atoms with Gasteiger partial charge in [0.05, 0.1) is 12.8 Å². The van der Waals surface area contributed by atoms with Gasteiger partial charge in [-0.2, -0.15) is 0 Å². The molecular formula is C20H33BrO4. The molecule has 0 aromatic rings. The number of hydrogen-bond acceptors (Lipinski definition) is 4. The smallest absolute Gasteiger partial charge is 0.140 e. The topological polar surface area (TPSA) is 68.3 Å². The number of carbonyl (C=O) groups excluding carboxylic acids is 4. The van der Waals surface area contributed by atoms with E-state index in [1.54, 1.807) is 0 Å². The molecule has 0 aliphatic rings. The Morgan fingerprint density at radius 1 is 0.760 bits per heavy atom. The lowest BCUT2D eigenvalue weighted by atomic mass is 10.1. The molecule has 0 aromatic heterocycles. The number of ketones is 4. The fourth-order valence-electron chi connectivity index (χ4n) is 1.55. The lowest BCUT2D eigenvalue weighted by Crippen LogP contribution is -2.03. The summed E-state index contributed by atoms with van der Waals surface area (Å²) in [5, 5.41) is 1.10. The average molecular weight is 417 g/mol. The second-order valence-corrected chi connectivity index (χ2v) is 6.45. The summed E-state index contributed by atoms with van der Waals surface area (Å²) in [7, 11) is 0. The predicted octanol–water partition coefficient (Wildman–Crippen LogP) is 5.18. The van der Waals surface area contributed by atoms with E-state index in [9.17, 15) is 19.2 Å². The fraction of sp³-hybridized carbons (Fsp3) is 0.600. The van der Waals surface area contributed by atoms with Crippen LogP contribution in [0.15, 0.2) is 25.3 Å². The molecule has 5 heteroatoms. The van der Waals surface area contributed by atoms with Gasteiger partial charge < -0.3 is 0 Å². The number of rotatable bonds is 12. The molecule has 25 heavy (non-hydrogen) atoms. The monoisotopic (exact) mass is 416 g/mol. The van der Waals surface area contributed by atoms with Crippen LogP contribution in [0.25, 0.3) is 0 Å². The normalized spacial score (nSPS) is 8.80. The summed E-state index contributed by atoms with van der Waals surface area (Å²) in [6, 6.07) is 0. The number of hydrogen-bond donors (Lipinski definition) is 0. The fourth-order valence-corrected chi connectivity index (χ4v) is 1.87. The van der Waals surface area contributed by atoms with Crippen LogP contribution < -0.4 is 0 Å². The van der Waals surface area contributed by atoms with Crippen molar-refractivity contribution in [2.24, 2.45) is 0 Å². The van der Waals surface area contributed by atoms with Gasteiger partial charge in [0, 0.05) is 11.8 Å². The van der Waals surface area contributed by atoms with Gasteiger partial charge in [-0.1, -0.05) is 28.1 Å². The van der Waals surface area contributed by atoms with E-state index < -0.39 is 0 Å². The minimum atomic E-state index is -0.0625. The zero-order valence-corrected chi connectivity index (χ0v) is 17.5. The van der Waals surface area contributed by atoms with Crippen molar-refractivity contribution in [3.05, 3.63) is 25.3 Å². The first kappa shape index (κ1) is 28.4. The maximum Gasteiger partial charge on any atom is 0.140 e. The summed E-state index contributed by atoms with van der Waals surface area (Å²) in [4.78, 5) is 41.5. The average Bonchev–Trinajstić information content (AvgIpc) is 2.48. The lowest BCUT2D eigenvalue weighted by Gasteiger charge is -1.96. The maximum atomic E-state index is 11.0. The van der Waals surface area contributed by atoms with Gasteiger partial charge in [-0.25, -0.2) is 0 Å². The molecule has 0 unspecified atom stereocenters. The maximum absolute atomic E-state index is 11.0. The van der Waals surface area contributed by atoms with Crippen molar-refractivity contribution in [1.29, 1.82) is 0 Å². The number of halogens is 1. The molecule has 0 heterocycles. The third-order valence-electron chi connectivity index (χ3n) is 2.60. The van der Waals surface area contributed by atoms with Crippen molar-refractivity contribution in [3.8, 4) is 0 Å². The molecule has 0 atom stereocenters. The molecule has 0 saturated carbocycles. The Hall–Kier alpha value is -1.36. The van der Waals surface area contributed by atoms with E-state index in [-0.39, 0.29) is 36.0 Å². The molecule has 0 spiro atoms. The zero-order valence-electron chi connectivity index (χ0n) is 15.9. The molecule has 0 aromatic carbocycles. The Morgan fingerprint density at radius 2 is 1.20 bits per heavy atom. The van der Waals surface area contributed by atoms with E-state index in [1.807, 2.05) is 12.2 Å². The van der Waals surface area contributed by atoms with Crippen LogP contribution in [0.5, 0.6) is 0 Å². The first-order chi connectivity index (χ1) is 11.7. The van der Waals surface area contributed by atoms with Gasteiger partial charge in [0.2, 0.25) is 0 Å². The Labute approximate surface area is 161 Å². The number of alkyl halides is 1. The SMILES string of the molecule is C=CCCCBr.C=CCCCCC(=O)CC(C)=O.CC(=O)CC(C)=O. The van der Waals surface area contributed by atoms with Crippen LogP contribution in [0.3, 0.4) is 0 Å². The zero-order chi connectivity index (χ0) is 20.1. The summed E-state index contributed by atoms with van der Waals surface area (Å²) in [5.41, 5.74) is 0. The highest BCUT2D eigenvalue weighted by molar-refractivity contribution is 9.09. The van der Waals surface area contributed by atoms with Crippen molar-refractivity contribution in [2.75, 3.05) is 5.33 Å². The molecule has 0 amide bonds. The van der Waals surface area contributed by atoms with Crippen molar-refractivity contribution in [3.63, 3.8) is 0 Å². The number of carbonyl (C=O) groups is 4. The molecule has 0 fully saturated rings. The number of Topliss-reactive ketones (excluding diaryl/α,β-unsaturated/α-hetero) is 4. The third-order valence-corrected chi connectivity index (χ3v) is 3.16. The summed E-state index contributed by atoms with van der Waals surface area (Å²) in [6.07, 6.45) is 9.66. The third kappa shape index (κ3) is 39.4. The van der Waals surface area contributed by atoms with Crippen LogP contribution in [0.2, 0.25) is 0 Å². The van der Waals surface area contributed by atoms with E-state index >= 15 is 0 Å². The Bertz CT molecular complexity index is 402. The minimum absolute atomic E-state index is 0.0382. The second kappa shape index (κ2) is 22.6. The largest absolute Gasteiger partial charge is 0.300 e. The molecule has 0 N–H and O–H groups in total. The van der Waals surface area contributed by atoms with Crippen LogP contribution in [0.4, 0.5) is 0 Å². The van der Waals surface area contributed by atoms with Crippen LogP contribution in [0, 0.1) is 0 Å². The Balaban J connectivity index is -0.000000317. The number of unbranched alkanes of at least 4 members (excludes halogenated alkanes) is 3. The molecule has 0 saturated heterocycles. The first-order valence-corrected chi connectivity index (χ1v) is 9.61. The molecule has 4 nitrogen and oxygen atoms in total. The van der Waals surface area contributed by atoms with Crippen LogP contribution in [0.1, 0.15) is 72.1 Å². The van der Waals surface area contributed by atoms with Crippen LogP contribution >= 0.6 is 15.9 Å². The molecule has 0 aliphatic carbocycles. The highest BCUT2D eigenvalue weighted by Crippen LogP contribution is 2.02. The van der Waals surface area contributed by atoms with E-state index in [4.69, 9.17) is 0 Å². The number of allylic oxidation sites excluding steroid dienone is 2. The molecule has 0 rings (SSSR count). The van der Waals surface area contributed by atoms with Gasteiger partial charge >= 0.3 is 0 Å². The van der Waals surface area contributed by atoms with Crippen molar-refractivity contribution in [1.82, 2.24) is 0 Å². The van der Waals surface area contributed by atoms with E-state index in [0.717, 1.165) is 31.0 Å². The Morgan fingerprint density at radius 3 is 1.48 bits per heavy atom. The van der Waals surface area contributed by atoms with Crippen LogP contribution in [-0.4, -0.2) is 28.5 Å². The van der Waals surface area contributed by atoms with E-state index in [2.05, 4.69) is 29.1 Å². The molecule has 0 bridgehead atoms. The van der Waals surface area contributed by atoms with Crippen molar-refractivity contribution < 1.29 is 19.2 Å². The van der Waals surface area contributed by atoms with E-state index in [1.165, 1.54) is 27.2 Å². The summed E-state index contributed by atoms with van der Waals surface area (Å²) < 4.78 is 0. The lowest BCUT2D eigenvalue weighted by molar-refractivity contribution is -0.127. The van der Waals surface area contributed by atoms with Gasteiger partial charge in [-0.05, 0) is 52.9 Å². The molecule has 0 radical (unpaired) electrons. The molecular weight excluding hydrogens is 384 g/mol. The van der Waals surface area contributed by atoms with Gasteiger partial charge in [0.15, 0.2) is 0 Å². The van der Waals surface area contributed by atoms with Gasteiger partial charge in [0.1, 0.15) is 23.1 Å². The van der Waals surface area contributed by atoms with Crippen molar-refractivity contribution in [2.45, 2.75) is 72.1 Å². The molecule has 144 valence electrons. The minimum Gasteiger partial charge on any atom is -0.300 e.